The number of hydrogen-bond acceptors (Lipinski definition) is 2. The third kappa shape index (κ3) is 3.29. The predicted octanol–water partition coefficient (Wildman–Crippen LogP) is -1.09. The van der Waals surface area contributed by atoms with E-state index in [0.29, 0.717) is 0 Å². The predicted molar refractivity (Wildman–Crippen MR) is 34.6 cm³/mol. The summed E-state index contributed by atoms with van der Waals surface area (Å²) in [5.74, 6) is -0.162. The van der Waals surface area contributed by atoms with E-state index in [2.05, 4.69) is 15.8 Å². The van der Waals surface area contributed by atoms with Crippen LogP contribution in [-0.2, 0) is 6.18 Å². The first-order valence-electron chi connectivity index (χ1n) is 3.04. The Morgan fingerprint density at radius 3 is 2.54 bits per heavy atom. The second-order valence-electron chi connectivity index (χ2n) is 1.98. The number of rotatable bonds is 1. The van der Waals surface area contributed by atoms with Gasteiger partial charge in [-0.1, -0.05) is 0 Å². The van der Waals surface area contributed by atoms with Crippen molar-refractivity contribution in [1.29, 1.82) is 0 Å². The molecule has 1 heterocycles. The summed E-state index contributed by atoms with van der Waals surface area (Å²) in [4.78, 5) is 3.16. The summed E-state index contributed by atoms with van der Waals surface area (Å²) < 4.78 is 40.4. The molecule has 6 heteroatoms. The Bertz CT molecular complexity index is 277. The molecule has 1 aromatic heterocycles. The van der Waals surface area contributed by atoms with Crippen LogP contribution >= 0.6 is 0 Å². The van der Waals surface area contributed by atoms with Crippen LogP contribution in [0, 0.1) is 6.07 Å². The van der Waals surface area contributed by atoms with Crippen molar-refractivity contribution in [2.24, 2.45) is 0 Å². The second kappa shape index (κ2) is 4.54. The van der Waals surface area contributed by atoms with E-state index in [1.807, 2.05) is 0 Å². The molecular formula is C7H5F3LiNO. The molecule has 2 nitrogen and oxygen atoms in total. The molecule has 0 radical (unpaired) electrons. The number of nitrogens with zero attached hydrogens (tertiary/aromatic N) is 1. The van der Waals surface area contributed by atoms with Gasteiger partial charge in [0, 0.05) is 0 Å². The Morgan fingerprint density at radius 2 is 2.08 bits per heavy atom. The molecule has 13 heavy (non-hydrogen) atoms. The third-order valence-electron chi connectivity index (χ3n) is 1.15. The van der Waals surface area contributed by atoms with Crippen molar-refractivity contribution in [2.75, 3.05) is 7.11 Å². The van der Waals surface area contributed by atoms with Crippen molar-refractivity contribution in [3.63, 3.8) is 0 Å². The molecule has 0 amide bonds. The van der Waals surface area contributed by atoms with Gasteiger partial charge in [-0.05, 0) is 0 Å². The minimum absolute atomic E-state index is 0. The summed E-state index contributed by atoms with van der Waals surface area (Å²) in [6, 6.07) is 4.35. The molecule has 0 aromatic carbocycles. The van der Waals surface area contributed by atoms with Gasteiger partial charge in [-0.25, -0.2) is 11.1 Å². The Morgan fingerprint density at radius 1 is 1.46 bits per heavy atom. The molecule has 0 aliphatic carbocycles. The van der Waals surface area contributed by atoms with Crippen LogP contribution in [0.3, 0.4) is 0 Å². The van der Waals surface area contributed by atoms with Crippen LogP contribution in [0.1, 0.15) is 5.69 Å². The molecule has 0 bridgehead atoms. The van der Waals surface area contributed by atoms with Crippen LogP contribution in [0.15, 0.2) is 12.1 Å². The number of ether oxygens (including phenoxy) is 1. The summed E-state index contributed by atoms with van der Waals surface area (Å²) >= 11 is 0. The molecule has 0 fully saturated rings. The van der Waals surface area contributed by atoms with Gasteiger partial charge in [0.15, 0.2) is 0 Å². The fourth-order valence-electron chi connectivity index (χ4n) is 0.633. The van der Waals surface area contributed by atoms with Crippen LogP contribution in [0.25, 0.3) is 0 Å². The molecule has 66 valence electrons. The van der Waals surface area contributed by atoms with Crippen molar-refractivity contribution < 1.29 is 36.8 Å². The van der Waals surface area contributed by atoms with E-state index in [9.17, 15) is 13.2 Å². The first-order chi connectivity index (χ1) is 5.54. The molecule has 0 saturated heterocycles. The largest absolute Gasteiger partial charge is 1.00 e. The fraction of sp³-hybridized carbons (Fsp3) is 0.286. The molecule has 0 aliphatic rings. The summed E-state index contributed by atoms with van der Waals surface area (Å²) in [7, 11) is 1.24. The maximum atomic E-state index is 12.0. The second-order valence-corrected chi connectivity index (χ2v) is 1.98. The third-order valence-corrected chi connectivity index (χ3v) is 1.15. The zero-order valence-corrected chi connectivity index (χ0v) is 7.14. The van der Waals surface area contributed by atoms with Crippen molar-refractivity contribution in [2.45, 2.75) is 6.18 Å². The van der Waals surface area contributed by atoms with Crippen LogP contribution in [0.5, 0.6) is 5.88 Å². The van der Waals surface area contributed by atoms with Crippen molar-refractivity contribution in [3.8, 4) is 5.88 Å². The van der Waals surface area contributed by atoms with Crippen LogP contribution in [0.2, 0.25) is 0 Å². The van der Waals surface area contributed by atoms with Gasteiger partial charge in [-0.3, -0.25) is 0 Å². The van der Waals surface area contributed by atoms with Gasteiger partial charge in [0.05, 0.1) is 12.8 Å². The fourth-order valence-corrected chi connectivity index (χ4v) is 0.633. The number of alkyl halides is 3. The van der Waals surface area contributed by atoms with Crippen molar-refractivity contribution in [1.82, 2.24) is 4.98 Å². The van der Waals surface area contributed by atoms with Crippen LogP contribution in [-0.4, -0.2) is 12.1 Å². The van der Waals surface area contributed by atoms with Crippen LogP contribution in [0.4, 0.5) is 13.2 Å². The maximum absolute atomic E-state index is 12.0. The van der Waals surface area contributed by atoms with Gasteiger partial charge in [0.25, 0.3) is 0 Å². The van der Waals surface area contributed by atoms with Gasteiger partial charge in [-0.15, -0.1) is 0 Å². The maximum Gasteiger partial charge on any atom is 1.00 e. The van der Waals surface area contributed by atoms with E-state index in [1.54, 1.807) is 0 Å². The average molecular weight is 183 g/mol. The van der Waals surface area contributed by atoms with Gasteiger partial charge in [0.1, 0.15) is 5.88 Å². The van der Waals surface area contributed by atoms with E-state index in [4.69, 9.17) is 0 Å². The Balaban J connectivity index is 0.00000144. The summed E-state index contributed by atoms with van der Waals surface area (Å²) in [6.45, 7) is 0. The normalized spacial score (nSPS) is 10.5. The Labute approximate surface area is 85.3 Å². The van der Waals surface area contributed by atoms with E-state index < -0.39 is 11.9 Å². The smallest absolute Gasteiger partial charge is 0.497 e. The van der Waals surface area contributed by atoms with Gasteiger partial charge in [0.2, 0.25) is 0 Å². The summed E-state index contributed by atoms with van der Waals surface area (Å²) in [6.07, 6.45) is -4.43. The zero-order valence-electron chi connectivity index (χ0n) is 7.14. The molecule has 1 rings (SSSR count). The quantitative estimate of drug-likeness (QED) is 0.408. The number of hydrogen-bond donors (Lipinski definition) is 0. The minimum Gasteiger partial charge on any atom is -0.497 e. The average Bonchev–Trinajstić information content (AvgIpc) is 2.03. The number of pyridine rings is 1. The zero-order chi connectivity index (χ0) is 9.19. The van der Waals surface area contributed by atoms with E-state index in [-0.39, 0.29) is 24.7 Å². The van der Waals surface area contributed by atoms with E-state index in [1.165, 1.54) is 7.11 Å². The number of methoxy groups -OCH3 is 1. The molecule has 0 spiro atoms. The van der Waals surface area contributed by atoms with Gasteiger partial charge < -0.3 is 4.74 Å². The van der Waals surface area contributed by atoms with Crippen LogP contribution < -0.4 is 23.6 Å². The first kappa shape index (κ1) is 12.3. The number of aromatic nitrogens is 1. The topological polar surface area (TPSA) is 22.1 Å². The summed E-state index contributed by atoms with van der Waals surface area (Å²) in [5.41, 5.74) is -0.974. The standard InChI is InChI=1S/C7H5F3NO.Li/c1-12-6-4-2-3-5(11-6)7(8,9)10;/h2-3H,1H3;/q-1;+1. The molecule has 0 N–H and O–H groups in total. The molecule has 0 atom stereocenters. The molecule has 0 unspecified atom stereocenters. The minimum atomic E-state index is -4.43. The first-order valence-corrected chi connectivity index (χ1v) is 3.04. The molecular weight excluding hydrogens is 178 g/mol. The van der Waals surface area contributed by atoms with E-state index >= 15 is 0 Å². The van der Waals surface area contributed by atoms with Crippen molar-refractivity contribution in [3.05, 3.63) is 23.9 Å². The SMILES string of the molecule is COc1[c-]ccc(C(F)(F)F)n1.[Li+]. The Kier molecular flexibility index (Phi) is 4.31. The molecule has 1 aromatic rings. The van der Waals surface area contributed by atoms with Gasteiger partial charge >= 0.3 is 25.0 Å². The van der Waals surface area contributed by atoms with Gasteiger partial charge in [-0.2, -0.15) is 25.3 Å². The van der Waals surface area contributed by atoms with E-state index in [0.717, 1.165) is 12.1 Å². The Hall–Kier alpha value is -0.663. The molecule has 0 saturated carbocycles. The summed E-state index contributed by atoms with van der Waals surface area (Å²) in [5, 5.41) is 0. The van der Waals surface area contributed by atoms with Crippen molar-refractivity contribution >= 4 is 0 Å². The number of halogens is 3. The monoisotopic (exact) mass is 183 g/mol. The molecule has 0 aliphatic heterocycles.